The molecule has 0 bridgehead atoms. The average molecular weight is 384 g/mol. The van der Waals surface area contributed by atoms with Crippen molar-refractivity contribution in [2.45, 2.75) is 30.7 Å². The molecule has 2 atom stereocenters. The van der Waals surface area contributed by atoms with Crippen LogP contribution < -0.4 is 0 Å². The number of benzene rings is 1. The predicted octanol–water partition coefficient (Wildman–Crippen LogP) is 3.99. The van der Waals surface area contributed by atoms with E-state index in [2.05, 4.69) is 22.9 Å². The lowest BCUT2D eigenvalue weighted by atomic mass is 10.3. The van der Waals surface area contributed by atoms with E-state index in [1.54, 1.807) is 31.3 Å². The zero-order valence-corrected chi connectivity index (χ0v) is 14.9. The van der Waals surface area contributed by atoms with Gasteiger partial charge >= 0.3 is 0 Å². The Morgan fingerprint density at radius 2 is 1.95 bits per heavy atom. The SMILES string of the molecule is C[C@@H]1C[C@H]1c1ccc(CN(C)S(=O)(=O)c2ccccc2Br)o1. The molecule has 22 heavy (non-hydrogen) atoms. The van der Waals surface area contributed by atoms with Crippen LogP contribution in [0.15, 0.2) is 50.2 Å². The second-order valence-corrected chi connectivity index (χ2v) is 8.68. The van der Waals surface area contributed by atoms with Crippen molar-refractivity contribution >= 4 is 26.0 Å². The molecule has 118 valence electrons. The summed E-state index contributed by atoms with van der Waals surface area (Å²) in [5, 5.41) is 0. The highest BCUT2D eigenvalue weighted by molar-refractivity contribution is 9.10. The first-order chi connectivity index (χ1) is 10.4. The molecule has 0 aliphatic heterocycles. The van der Waals surface area contributed by atoms with Crippen molar-refractivity contribution in [3.05, 3.63) is 52.4 Å². The second kappa shape index (κ2) is 5.83. The summed E-state index contributed by atoms with van der Waals surface area (Å²) in [6.45, 7) is 2.42. The quantitative estimate of drug-likeness (QED) is 0.784. The minimum absolute atomic E-state index is 0.227. The van der Waals surface area contributed by atoms with Crippen LogP contribution in [0.5, 0.6) is 0 Å². The average Bonchev–Trinajstić information content (AvgIpc) is 3.02. The highest BCUT2D eigenvalue weighted by atomic mass is 79.9. The lowest BCUT2D eigenvalue weighted by Gasteiger charge is -2.16. The molecule has 3 rings (SSSR count). The zero-order chi connectivity index (χ0) is 15.9. The molecule has 1 aliphatic carbocycles. The van der Waals surface area contributed by atoms with Crippen molar-refractivity contribution in [2.24, 2.45) is 5.92 Å². The Morgan fingerprint density at radius 3 is 2.59 bits per heavy atom. The number of nitrogens with zero attached hydrogens (tertiary/aromatic N) is 1. The van der Waals surface area contributed by atoms with Gasteiger partial charge in [0.05, 0.1) is 11.4 Å². The van der Waals surface area contributed by atoms with Gasteiger partial charge < -0.3 is 4.42 Å². The van der Waals surface area contributed by atoms with Crippen LogP contribution in [0.3, 0.4) is 0 Å². The highest BCUT2D eigenvalue weighted by Crippen LogP contribution is 2.47. The molecule has 1 aromatic carbocycles. The van der Waals surface area contributed by atoms with Crippen molar-refractivity contribution in [1.29, 1.82) is 0 Å². The van der Waals surface area contributed by atoms with Gasteiger partial charge in [0.1, 0.15) is 11.5 Å². The zero-order valence-electron chi connectivity index (χ0n) is 12.5. The molecule has 2 aromatic rings. The summed E-state index contributed by atoms with van der Waals surface area (Å²) in [6, 6.07) is 10.6. The van der Waals surface area contributed by atoms with Crippen LogP contribution in [0.1, 0.15) is 30.8 Å². The molecule has 0 amide bonds. The summed E-state index contributed by atoms with van der Waals surface area (Å²) in [6.07, 6.45) is 1.15. The molecule has 0 spiro atoms. The van der Waals surface area contributed by atoms with Crippen LogP contribution >= 0.6 is 15.9 Å². The van der Waals surface area contributed by atoms with E-state index < -0.39 is 10.0 Å². The Morgan fingerprint density at radius 1 is 1.27 bits per heavy atom. The van der Waals surface area contributed by atoms with Crippen molar-refractivity contribution < 1.29 is 12.8 Å². The standard InChI is InChI=1S/C16H18BrNO3S/c1-11-9-13(11)15-8-7-12(21-15)10-18(2)22(19,20)16-6-4-3-5-14(16)17/h3-8,11,13H,9-10H2,1-2H3/t11-,13-/m1/s1. The molecule has 1 fully saturated rings. The van der Waals surface area contributed by atoms with Crippen LogP contribution in [0.25, 0.3) is 0 Å². The number of furan rings is 1. The first kappa shape index (κ1) is 15.8. The molecule has 0 unspecified atom stereocenters. The lowest BCUT2D eigenvalue weighted by molar-refractivity contribution is 0.389. The fraction of sp³-hybridized carbons (Fsp3) is 0.375. The van der Waals surface area contributed by atoms with Crippen LogP contribution in [0.4, 0.5) is 0 Å². The Balaban J connectivity index is 1.77. The maximum atomic E-state index is 12.6. The molecule has 1 heterocycles. The molecule has 4 nitrogen and oxygen atoms in total. The number of hydrogen-bond donors (Lipinski definition) is 0. The van der Waals surface area contributed by atoms with Crippen molar-refractivity contribution in [2.75, 3.05) is 7.05 Å². The maximum absolute atomic E-state index is 12.6. The van der Waals surface area contributed by atoms with Gasteiger partial charge in [-0.05, 0) is 52.5 Å². The minimum atomic E-state index is -3.55. The van der Waals surface area contributed by atoms with E-state index in [4.69, 9.17) is 4.42 Å². The summed E-state index contributed by atoms with van der Waals surface area (Å²) in [5.41, 5.74) is 0. The van der Waals surface area contributed by atoms with Crippen molar-refractivity contribution in [3.8, 4) is 0 Å². The molecular formula is C16H18BrNO3S. The summed E-state index contributed by atoms with van der Waals surface area (Å²) in [5.74, 6) is 2.81. The lowest BCUT2D eigenvalue weighted by Crippen LogP contribution is -2.26. The van der Waals surface area contributed by atoms with E-state index in [0.717, 1.165) is 12.2 Å². The van der Waals surface area contributed by atoms with Gasteiger partial charge in [0.2, 0.25) is 10.0 Å². The monoisotopic (exact) mass is 383 g/mol. The van der Waals surface area contributed by atoms with E-state index in [-0.39, 0.29) is 11.4 Å². The third-order valence-corrected chi connectivity index (χ3v) is 6.88. The molecule has 1 aromatic heterocycles. The summed E-state index contributed by atoms with van der Waals surface area (Å²) >= 11 is 3.29. The number of hydrogen-bond acceptors (Lipinski definition) is 3. The minimum Gasteiger partial charge on any atom is -0.464 e. The molecule has 0 saturated heterocycles. The smallest absolute Gasteiger partial charge is 0.244 e. The summed E-state index contributed by atoms with van der Waals surface area (Å²) in [4.78, 5) is 0.264. The molecule has 0 radical (unpaired) electrons. The van der Waals surface area contributed by atoms with Gasteiger partial charge in [-0.3, -0.25) is 0 Å². The van der Waals surface area contributed by atoms with Crippen LogP contribution in [0.2, 0.25) is 0 Å². The van der Waals surface area contributed by atoms with E-state index >= 15 is 0 Å². The largest absolute Gasteiger partial charge is 0.464 e. The van der Waals surface area contributed by atoms with Crippen molar-refractivity contribution in [1.82, 2.24) is 4.31 Å². The summed E-state index contributed by atoms with van der Waals surface area (Å²) < 4.78 is 32.9. The van der Waals surface area contributed by atoms with E-state index in [0.29, 0.717) is 22.1 Å². The first-order valence-corrected chi connectivity index (χ1v) is 9.42. The predicted molar refractivity (Wildman–Crippen MR) is 88.0 cm³/mol. The van der Waals surface area contributed by atoms with Gasteiger partial charge in [-0.15, -0.1) is 0 Å². The Labute approximate surface area is 139 Å². The van der Waals surface area contributed by atoms with Crippen LogP contribution in [0, 0.1) is 5.92 Å². The van der Waals surface area contributed by atoms with E-state index in [9.17, 15) is 8.42 Å². The molecule has 6 heteroatoms. The number of sulfonamides is 1. The fourth-order valence-corrected chi connectivity index (χ4v) is 4.62. The molecule has 1 aliphatic rings. The first-order valence-electron chi connectivity index (χ1n) is 7.19. The Kier molecular flexibility index (Phi) is 4.18. The topological polar surface area (TPSA) is 50.5 Å². The number of rotatable bonds is 5. The Bertz CT molecular complexity index is 784. The third kappa shape index (κ3) is 3.00. The van der Waals surface area contributed by atoms with Gasteiger partial charge in [0.25, 0.3) is 0 Å². The molecule has 1 saturated carbocycles. The van der Waals surface area contributed by atoms with Gasteiger partial charge in [0, 0.05) is 17.4 Å². The molecular weight excluding hydrogens is 366 g/mol. The van der Waals surface area contributed by atoms with Crippen LogP contribution in [-0.2, 0) is 16.6 Å². The normalized spacial score (nSPS) is 21.3. The van der Waals surface area contributed by atoms with Gasteiger partial charge in [-0.1, -0.05) is 19.1 Å². The molecule has 0 N–H and O–H groups in total. The highest BCUT2D eigenvalue weighted by Gasteiger charge is 2.36. The third-order valence-electron chi connectivity index (χ3n) is 4.06. The fourth-order valence-electron chi connectivity index (χ4n) is 2.52. The Hall–Kier alpha value is -1.11. The van der Waals surface area contributed by atoms with Crippen molar-refractivity contribution in [3.63, 3.8) is 0 Å². The summed E-state index contributed by atoms with van der Waals surface area (Å²) in [7, 11) is -1.98. The van der Waals surface area contributed by atoms with E-state index in [1.165, 1.54) is 4.31 Å². The maximum Gasteiger partial charge on any atom is 0.244 e. The van der Waals surface area contributed by atoms with E-state index in [1.807, 2.05) is 12.1 Å². The number of halogens is 1. The van der Waals surface area contributed by atoms with Gasteiger partial charge in [-0.25, -0.2) is 8.42 Å². The van der Waals surface area contributed by atoms with Crippen LogP contribution in [-0.4, -0.2) is 19.8 Å². The van der Waals surface area contributed by atoms with Gasteiger partial charge in [0.15, 0.2) is 0 Å². The second-order valence-electron chi connectivity index (χ2n) is 5.82. The van der Waals surface area contributed by atoms with Gasteiger partial charge in [-0.2, -0.15) is 4.31 Å².